The summed E-state index contributed by atoms with van der Waals surface area (Å²) in [6.07, 6.45) is 0.332. The Morgan fingerprint density at radius 3 is 2.94 bits per heavy atom. The van der Waals surface area contributed by atoms with Crippen LogP contribution in [-0.2, 0) is 16.0 Å². The fourth-order valence-electron chi connectivity index (χ4n) is 1.27. The Bertz CT molecular complexity index is 404. The van der Waals surface area contributed by atoms with E-state index >= 15 is 0 Å². The van der Waals surface area contributed by atoms with Crippen LogP contribution in [-0.4, -0.2) is 26.2 Å². The van der Waals surface area contributed by atoms with Crippen molar-refractivity contribution in [2.75, 3.05) is 14.2 Å². The highest BCUT2D eigenvalue weighted by atomic mass is 35.5. The van der Waals surface area contributed by atoms with E-state index < -0.39 is 12.0 Å². The molecule has 0 radical (unpaired) electrons. The van der Waals surface area contributed by atoms with Gasteiger partial charge in [0.25, 0.3) is 0 Å². The van der Waals surface area contributed by atoms with Crippen molar-refractivity contribution in [1.29, 1.82) is 0 Å². The molecule has 1 atom stereocenters. The first kappa shape index (κ1) is 14.1. The van der Waals surface area contributed by atoms with Gasteiger partial charge >= 0.3 is 5.97 Å². The van der Waals surface area contributed by atoms with E-state index in [1.54, 1.807) is 18.2 Å². The lowest BCUT2D eigenvalue weighted by atomic mass is 10.1. The summed E-state index contributed by atoms with van der Waals surface area (Å²) in [5.74, 6) is -0.0563. The van der Waals surface area contributed by atoms with Crippen molar-refractivity contribution in [2.45, 2.75) is 12.5 Å². The SMILES string of the molecule is Cl.[2H]COc1cc(C[C@H](N)C(=O)OC)ccc1Cl. The summed E-state index contributed by atoms with van der Waals surface area (Å²) in [4.78, 5) is 11.2. The van der Waals surface area contributed by atoms with Gasteiger partial charge in [-0.2, -0.15) is 0 Å². The molecule has 0 spiro atoms. The highest BCUT2D eigenvalue weighted by Gasteiger charge is 2.14. The second kappa shape index (κ2) is 7.37. The average molecular weight is 281 g/mol. The number of methoxy groups -OCH3 is 2. The first-order valence-electron chi connectivity index (χ1n) is 5.33. The molecule has 1 aromatic rings. The number of carbonyl (C=O) groups is 1. The Balaban J connectivity index is 0.00000289. The molecule has 1 aromatic carbocycles. The molecule has 0 saturated heterocycles. The minimum Gasteiger partial charge on any atom is -0.495 e. The molecule has 0 aliphatic carbocycles. The molecule has 0 heterocycles. The van der Waals surface area contributed by atoms with E-state index in [0.717, 1.165) is 5.56 Å². The number of esters is 1. The van der Waals surface area contributed by atoms with Gasteiger partial charge in [0.15, 0.2) is 0 Å². The zero-order valence-corrected chi connectivity index (χ0v) is 10.9. The van der Waals surface area contributed by atoms with Crippen LogP contribution in [0.4, 0.5) is 0 Å². The molecule has 0 bridgehead atoms. The summed E-state index contributed by atoms with van der Waals surface area (Å²) in [5.41, 5.74) is 6.44. The summed E-state index contributed by atoms with van der Waals surface area (Å²) in [6.45, 7) is 0. The Kier molecular flexibility index (Phi) is 6.11. The zero-order chi connectivity index (χ0) is 12.8. The monoisotopic (exact) mass is 280 g/mol. The normalized spacial score (nSPS) is 12.1. The summed E-state index contributed by atoms with van der Waals surface area (Å²) >= 11 is 5.87. The number of halogens is 2. The van der Waals surface area contributed by atoms with Crippen LogP contribution in [0.15, 0.2) is 18.2 Å². The number of carbonyl (C=O) groups excluding carboxylic acids is 1. The van der Waals surface area contributed by atoms with E-state index in [-0.39, 0.29) is 19.5 Å². The van der Waals surface area contributed by atoms with Crippen molar-refractivity contribution in [3.63, 3.8) is 0 Å². The van der Waals surface area contributed by atoms with Crippen molar-refractivity contribution in [3.8, 4) is 5.75 Å². The fourth-order valence-corrected chi connectivity index (χ4v) is 1.45. The number of rotatable bonds is 4. The standard InChI is InChI=1S/C11H14ClNO3.ClH/c1-15-10-6-7(3-4-8(10)12)5-9(13)11(14)16-2;/h3-4,6,9H,5,13H2,1-2H3;1H/t9-;/m0./s1/i1D;. The molecule has 17 heavy (non-hydrogen) atoms. The van der Waals surface area contributed by atoms with Gasteiger partial charge in [0.2, 0.25) is 0 Å². The minimum atomic E-state index is -0.718. The highest BCUT2D eigenvalue weighted by Crippen LogP contribution is 2.25. The van der Waals surface area contributed by atoms with Crippen molar-refractivity contribution >= 4 is 30.0 Å². The van der Waals surface area contributed by atoms with Crippen LogP contribution in [0.5, 0.6) is 5.75 Å². The lowest BCUT2D eigenvalue weighted by Crippen LogP contribution is -2.33. The van der Waals surface area contributed by atoms with E-state index in [2.05, 4.69) is 4.74 Å². The van der Waals surface area contributed by atoms with Gasteiger partial charge in [-0.05, 0) is 24.1 Å². The molecule has 0 aliphatic rings. The maximum absolute atomic E-state index is 11.2. The topological polar surface area (TPSA) is 61.5 Å². The summed E-state index contributed by atoms with van der Waals surface area (Å²) < 4.78 is 16.5. The Labute approximate surface area is 113 Å². The molecule has 96 valence electrons. The van der Waals surface area contributed by atoms with Crippen LogP contribution in [0.25, 0.3) is 0 Å². The van der Waals surface area contributed by atoms with Crippen LogP contribution in [0.2, 0.25) is 5.02 Å². The van der Waals surface area contributed by atoms with Gasteiger partial charge in [-0.15, -0.1) is 12.4 Å². The predicted octanol–water partition coefficient (Wildman–Crippen LogP) is 1.81. The fraction of sp³-hybridized carbons (Fsp3) is 0.364. The minimum absolute atomic E-state index is 0. The van der Waals surface area contributed by atoms with Gasteiger partial charge in [-0.25, -0.2) is 0 Å². The van der Waals surface area contributed by atoms with Gasteiger partial charge in [0, 0.05) is 0 Å². The molecule has 4 nitrogen and oxygen atoms in total. The summed E-state index contributed by atoms with van der Waals surface area (Å²) in [6, 6.07) is 4.35. The molecule has 0 aromatic heterocycles. The van der Waals surface area contributed by atoms with E-state index in [9.17, 15) is 4.79 Å². The number of ether oxygens (including phenoxy) is 2. The van der Waals surface area contributed by atoms with Crippen LogP contribution < -0.4 is 10.5 Å². The van der Waals surface area contributed by atoms with E-state index in [0.29, 0.717) is 17.2 Å². The quantitative estimate of drug-likeness (QED) is 0.855. The van der Waals surface area contributed by atoms with E-state index in [1.807, 2.05) is 0 Å². The molecule has 1 rings (SSSR count). The van der Waals surface area contributed by atoms with Gasteiger partial charge in [0.1, 0.15) is 11.8 Å². The van der Waals surface area contributed by atoms with Gasteiger partial charge in [0.05, 0.1) is 20.6 Å². The van der Waals surface area contributed by atoms with Gasteiger partial charge in [-0.3, -0.25) is 4.79 Å². The lowest BCUT2D eigenvalue weighted by molar-refractivity contribution is -0.142. The highest BCUT2D eigenvalue weighted by molar-refractivity contribution is 6.32. The zero-order valence-electron chi connectivity index (χ0n) is 10.3. The second-order valence-corrected chi connectivity index (χ2v) is 3.65. The third-order valence-corrected chi connectivity index (χ3v) is 2.42. The Morgan fingerprint density at radius 1 is 1.65 bits per heavy atom. The molecule has 0 saturated carbocycles. The molecule has 0 unspecified atom stereocenters. The summed E-state index contributed by atoms with van der Waals surface area (Å²) in [5, 5.41) is 0.424. The van der Waals surface area contributed by atoms with Crippen molar-refractivity contribution < 1.29 is 15.6 Å². The molecule has 0 fully saturated rings. The smallest absolute Gasteiger partial charge is 0.322 e. The third kappa shape index (κ3) is 4.42. The Hall–Kier alpha value is -0.970. The molecule has 6 heteroatoms. The largest absolute Gasteiger partial charge is 0.495 e. The average Bonchev–Trinajstić information content (AvgIpc) is 2.32. The van der Waals surface area contributed by atoms with Crippen LogP contribution in [0.3, 0.4) is 0 Å². The number of benzene rings is 1. The first-order valence-corrected chi connectivity index (χ1v) is 5.00. The molecule has 0 aliphatic heterocycles. The maximum atomic E-state index is 11.2. The van der Waals surface area contributed by atoms with E-state index in [4.69, 9.17) is 23.4 Å². The number of hydrogen-bond donors (Lipinski definition) is 1. The van der Waals surface area contributed by atoms with Crippen LogP contribution in [0, 0.1) is 0 Å². The van der Waals surface area contributed by atoms with Crippen molar-refractivity contribution in [3.05, 3.63) is 28.8 Å². The third-order valence-electron chi connectivity index (χ3n) is 2.11. The Morgan fingerprint density at radius 2 is 2.35 bits per heavy atom. The molecule has 0 amide bonds. The molecular weight excluding hydrogens is 265 g/mol. The van der Waals surface area contributed by atoms with E-state index in [1.165, 1.54) is 7.11 Å². The maximum Gasteiger partial charge on any atom is 0.322 e. The lowest BCUT2D eigenvalue weighted by Gasteiger charge is -2.10. The summed E-state index contributed by atoms with van der Waals surface area (Å²) in [7, 11) is 1.07. The van der Waals surface area contributed by atoms with Crippen molar-refractivity contribution in [2.24, 2.45) is 5.73 Å². The van der Waals surface area contributed by atoms with Gasteiger partial charge in [-0.1, -0.05) is 17.7 Å². The number of hydrogen-bond acceptors (Lipinski definition) is 4. The van der Waals surface area contributed by atoms with Crippen LogP contribution >= 0.6 is 24.0 Å². The predicted molar refractivity (Wildman–Crippen MR) is 68.9 cm³/mol. The second-order valence-electron chi connectivity index (χ2n) is 3.24. The van der Waals surface area contributed by atoms with Crippen LogP contribution in [0.1, 0.15) is 6.93 Å². The first-order chi connectivity index (χ1) is 8.08. The molecule has 2 N–H and O–H groups in total. The number of nitrogens with two attached hydrogens (primary N) is 1. The van der Waals surface area contributed by atoms with Gasteiger partial charge < -0.3 is 15.2 Å². The van der Waals surface area contributed by atoms with Crippen molar-refractivity contribution in [1.82, 2.24) is 0 Å². The molecular formula is C11H15Cl2NO3.